The second-order valence-electron chi connectivity index (χ2n) is 5.86. The fourth-order valence-corrected chi connectivity index (χ4v) is 3.29. The number of aromatic nitrogens is 1. The van der Waals surface area contributed by atoms with E-state index in [9.17, 15) is 4.79 Å². The van der Waals surface area contributed by atoms with Crippen LogP contribution in [-0.4, -0.2) is 16.7 Å². The molecule has 0 aliphatic rings. The molecule has 0 spiro atoms. The van der Waals surface area contributed by atoms with Crippen molar-refractivity contribution in [1.82, 2.24) is 9.99 Å². The second-order valence-corrected chi connectivity index (χ2v) is 6.77. The lowest BCUT2D eigenvalue weighted by molar-refractivity contribution is -0.120. The molecule has 0 atom stereocenters. The van der Waals surface area contributed by atoms with E-state index in [0.29, 0.717) is 6.42 Å². The van der Waals surface area contributed by atoms with E-state index in [2.05, 4.69) is 57.0 Å². The van der Waals surface area contributed by atoms with E-state index in [1.54, 1.807) is 6.21 Å². The topological polar surface area (TPSA) is 46.4 Å². The first-order chi connectivity index (χ1) is 12.1. The summed E-state index contributed by atoms with van der Waals surface area (Å²) in [4.78, 5) is 12.1. The average molecular weight is 398 g/mol. The number of benzene rings is 2. The molecule has 25 heavy (non-hydrogen) atoms. The molecule has 0 fully saturated rings. The Morgan fingerprint density at radius 2 is 1.92 bits per heavy atom. The third-order valence-electron chi connectivity index (χ3n) is 4.26. The number of nitrogens with zero attached hydrogens (tertiary/aromatic N) is 2. The number of hydrogen-bond donors (Lipinski definition) is 1. The van der Waals surface area contributed by atoms with Crippen molar-refractivity contribution in [3.63, 3.8) is 0 Å². The Labute approximate surface area is 155 Å². The van der Waals surface area contributed by atoms with Crippen LogP contribution < -0.4 is 5.43 Å². The van der Waals surface area contributed by atoms with Gasteiger partial charge in [0.1, 0.15) is 0 Å². The molecule has 1 heterocycles. The molecule has 3 rings (SSSR count). The lowest BCUT2D eigenvalue weighted by atomic mass is 10.1. The van der Waals surface area contributed by atoms with Crippen LogP contribution in [0.2, 0.25) is 0 Å². The average Bonchev–Trinajstić information content (AvgIpc) is 2.88. The summed E-state index contributed by atoms with van der Waals surface area (Å²) in [6.07, 6.45) is 2.05. The monoisotopic (exact) mass is 397 g/mol. The van der Waals surface area contributed by atoms with Gasteiger partial charge in [-0.25, -0.2) is 5.43 Å². The predicted molar refractivity (Wildman–Crippen MR) is 106 cm³/mol. The molecule has 1 amide bonds. The molecule has 4 nitrogen and oxygen atoms in total. The van der Waals surface area contributed by atoms with Crippen LogP contribution in [0.25, 0.3) is 10.9 Å². The lowest BCUT2D eigenvalue weighted by Gasteiger charge is -2.03. The number of para-hydroxylation sites is 1. The Morgan fingerprint density at radius 1 is 1.20 bits per heavy atom. The standard InChI is InChI=1S/C20H20BrN3O/c1-3-24-14(2)18(17-6-4-5-7-19(17)24)13-22-23-20(25)12-15-8-10-16(21)11-9-15/h4-11,13H,3,12H2,1-2H3,(H,23,25)/b22-13+. The summed E-state index contributed by atoms with van der Waals surface area (Å²) < 4.78 is 3.25. The van der Waals surface area contributed by atoms with Crippen molar-refractivity contribution in [2.45, 2.75) is 26.8 Å². The molecule has 0 aliphatic heterocycles. The van der Waals surface area contributed by atoms with E-state index < -0.39 is 0 Å². The van der Waals surface area contributed by atoms with Gasteiger partial charge in [0.05, 0.1) is 12.6 Å². The molecule has 128 valence electrons. The lowest BCUT2D eigenvalue weighted by Crippen LogP contribution is -2.19. The Balaban J connectivity index is 1.74. The Bertz CT molecular complexity index is 926. The molecule has 0 saturated heterocycles. The third-order valence-corrected chi connectivity index (χ3v) is 4.79. The summed E-state index contributed by atoms with van der Waals surface area (Å²) >= 11 is 3.39. The Hall–Kier alpha value is -2.40. The van der Waals surface area contributed by atoms with E-state index >= 15 is 0 Å². The Morgan fingerprint density at radius 3 is 2.64 bits per heavy atom. The van der Waals surface area contributed by atoms with Crippen LogP contribution in [0.15, 0.2) is 58.1 Å². The summed E-state index contributed by atoms with van der Waals surface area (Å²) in [5, 5.41) is 5.31. The van der Waals surface area contributed by atoms with Crippen LogP contribution in [-0.2, 0) is 17.8 Å². The number of fused-ring (bicyclic) bond motifs is 1. The summed E-state index contributed by atoms with van der Waals surface area (Å²) in [6, 6.07) is 15.9. The molecule has 0 bridgehead atoms. The number of hydrazone groups is 1. The number of aryl methyl sites for hydroxylation is 1. The number of rotatable bonds is 5. The van der Waals surface area contributed by atoms with Gasteiger partial charge >= 0.3 is 0 Å². The summed E-state index contributed by atoms with van der Waals surface area (Å²) in [6.45, 7) is 5.10. The summed E-state index contributed by atoms with van der Waals surface area (Å²) in [7, 11) is 0. The van der Waals surface area contributed by atoms with Crippen molar-refractivity contribution in [2.75, 3.05) is 0 Å². The molecule has 1 aromatic heterocycles. The molecular weight excluding hydrogens is 378 g/mol. The van der Waals surface area contributed by atoms with Crippen LogP contribution in [0.5, 0.6) is 0 Å². The van der Waals surface area contributed by atoms with Gasteiger partial charge in [0.2, 0.25) is 5.91 Å². The molecule has 5 heteroatoms. The van der Waals surface area contributed by atoms with Crippen molar-refractivity contribution < 1.29 is 4.79 Å². The zero-order valence-corrected chi connectivity index (χ0v) is 15.9. The normalized spacial score (nSPS) is 11.3. The maximum Gasteiger partial charge on any atom is 0.244 e. The first-order valence-electron chi connectivity index (χ1n) is 8.24. The molecule has 0 saturated carbocycles. The van der Waals surface area contributed by atoms with E-state index in [4.69, 9.17) is 0 Å². The number of carbonyl (C=O) groups is 1. The number of nitrogens with one attached hydrogen (secondary N) is 1. The summed E-state index contributed by atoms with van der Waals surface area (Å²) in [5.41, 5.74) is 6.95. The van der Waals surface area contributed by atoms with Gasteiger partial charge in [-0.3, -0.25) is 4.79 Å². The zero-order chi connectivity index (χ0) is 17.8. The first-order valence-corrected chi connectivity index (χ1v) is 9.03. The quantitative estimate of drug-likeness (QED) is 0.502. The van der Waals surface area contributed by atoms with Gasteiger partial charge < -0.3 is 4.57 Å². The fraction of sp³-hybridized carbons (Fsp3) is 0.200. The minimum atomic E-state index is -0.129. The molecule has 0 unspecified atom stereocenters. The van der Waals surface area contributed by atoms with Crippen LogP contribution in [0.1, 0.15) is 23.7 Å². The minimum absolute atomic E-state index is 0.129. The smallest absolute Gasteiger partial charge is 0.244 e. The highest BCUT2D eigenvalue weighted by atomic mass is 79.9. The fourth-order valence-electron chi connectivity index (χ4n) is 3.02. The van der Waals surface area contributed by atoms with E-state index in [1.807, 2.05) is 36.4 Å². The van der Waals surface area contributed by atoms with Gasteiger partial charge in [0.25, 0.3) is 0 Å². The van der Waals surface area contributed by atoms with Gasteiger partial charge in [-0.2, -0.15) is 5.10 Å². The largest absolute Gasteiger partial charge is 0.344 e. The maximum absolute atomic E-state index is 12.1. The number of hydrogen-bond acceptors (Lipinski definition) is 2. The molecular formula is C20H20BrN3O. The maximum atomic E-state index is 12.1. The zero-order valence-electron chi connectivity index (χ0n) is 14.3. The minimum Gasteiger partial charge on any atom is -0.344 e. The third kappa shape index (κ3) is 3.82. The van der Waals surface area contributed by atoms with E-state index in [-0.39, 0.29) is 5.91 Å². The van der Waals surface area contributed by atoms with Crippen LogP contribution in [0.3, 0.4) is 0 Å². The van der Waals surface area contributed by atoms with Gasteiger partial charge in [0, 0.05) is 33.2 Å². The molecule has 3 aromatic rings. The van der Waals surface area contributed by atoms with Gasteiger partial charge in [-0.1, -0.05) is 46.3 Å². The van der Waals surface area contributed by atoms with Crippen molar-refractivity contribution in [3.8, 4) is 0 Å². The van der Waals surface area contributed by atoms with Crippen LogP contribution >= 0.6 is 15.9 Å². The van der Waals surface area contributed by atoms with E-state index in [0.717, 1.165) is 33.2 Å². The SMILES string of the molecule is CCn1c(C)c(/C=N/NC(=O)Cc2ccc(Br)cc2)c2ccccc21. The van der Waals surface area contributed by atoms with Crippen molar-refractivity contribution in [1.29, 1.82) is 0 Å². The number of halogens is 1. The second kappa shape index (κ2) is 7.66. The predicted octanol–water partition coefficient (Wildman–Crippen LogP) is 4.42. The highest BCUT2D eigenvalue weighted by molar-refractivity contribution is 9.10. The molecule has 0 aliphatic carbocycles. The molecule has 2 aromatic carbocycles. The molecule has 0 radical (unpaired) electrons. The highest BCUT2D eigenvalue weighted by Gasteiger charge is 2.11. The molecule has 1 N–H and O–H groups in total. The Kier molecular flexibility index (Phi) is 5.34. The van der Waals surface area contributed by atoms with Crippen LogP contribution in [0, 0.1) is 6.92 Å². The van der Waals surface area contributed by atoms with Crippen molar-refractivity contribution >= 4 is 39.0 Å². The first kappa shape index (κ1) is 17.4. The number of carbonyl (C=O) groups excluding carboxylic acids is 1. The van der Waals surface area contributed by atoms with Crippen molar-refractivity contribution in [2.24, 2.45) is 5.10 Å². The van der Waals surface area contributed by atoms with Gasteiger partial charge in [-0.15, -0.1) is 0 Å². The highest BCUT2D eigenvalue weighted by Crippen LogP contribution is 2.24. The van der Waals surface area contributed by atoms with Crippen molar-refractivity contribution in [3.05, 3.63) is 69.8 Å². The van der Waals surface area contributed by atoms with Crippen LogP contribution in [0.4, 0.5) is 0 Å². The summed E-state index contributed by atoms with van der Waals surface area (Å²) in [5.74, 6) is -0.129. The van der Waals surface area contributed by atoms with Gasteiger partial charge in [-0.05, 0) is 37.6 Å². The number of amides is 1. The van der Waals surface area contributed by atoms with E-state index in [1.165, 1.54) is 5.52 Å². The van der Waals surface area contributed by atoms with Gasteiger partial charge in [0.15, 0.2) is 0 Å².